The molecule has 0 radical (unpaired) electrons. The standard InChI is InChI=1S/C14H24N4O/c1-3-6-15-14-16-11(2)8-13(17-14)18-7-4-5-12(9-18)10-19/h8,12,19H,3-7,9-10H2,1-2H3,(H,15,16,17). The van der Waals surface area contributed by atoms with Gasteiger partial charge in [-0.25, -0.2) is 4.98 Å². The molecule has 0 amide bonds. The van der Waals surface area contributed by atoms with Gasteiger partial charge in [-0.15, -0.1) is 0 Å². The SMILES string of the molecule is CCCNc1nc(C)cc(N2CCCC(CO)C2)n1. The highest BCUT2D eigenvalue weighted by Crippen LogP contribution is 2.22. The molecule has 2 rings (SSSR count). The quantitative estimate of drug-likeness (QED) is 0.849. The van der Waals surface area contributed by atoms with Crippen molar-refractivity contribution >= 4 is 11.8 Å². The maximum absolute atomic E-state index is 9.31. The Hall–Kier alpha value is -1.36. The summed E-state index contributed by atoms with van der Waals surface area (Å²) in [5.74, 6) is 2.06. The van der Waals surface area contributed by atoms with Crippen LogP contribution in [0.15, 0.2) is 6.07 Å². The van der Waals surface area contributed by atoms with Crippen LogP contribution in [0.25, 0.3) is 0 Å². The maximum atomic E-state index is 9.31. The zero-order chi connectivity index (χ0) is 13.7. The number of aryl methyl sites for hydroxylation is 1. The highest BCUT2D eigenvalue weighted by atomic mass is 16.3. The van der Waals surface area contributed by atoms with Gasteiger partial charge >= 0.3 is 0 Å². The van der Waals surface area contributed by atoms with Crippen LogP contribution < -0.4 is 10.2 Å². The maximum Gasteiger partial charge on any atom is 0.224 e. The Morgan fingerprint density at radius 3 is 3.05 bits per heavy atom. The number of piperidine rings is 1. The van der Waals surface area contributed by atoms with Crippen LogP contribution in [-0.2, 0) is 0 Å². The smallest absolute Gasteiger partial charge is 0.224 e. The van der Waals surface area contributed by atoms with Gasteiger partial charge in [0.05, 0.1) is 0 Å². The van der Waals surface area contributed by atoms with Gasteiger partial charge in [-0.2, -0.15) is 4.98 Å². The molecule has 5 nitrogen and oxygen atoms in total. The summed E-state index contributed by atoms with van der Waals surface area (Å²) in [5, 5.41) is 12.6. The highest BCUT2D eigenvalue weighted by Gasteiger charge is 2.20. The van der Waals surface area contributed by atoms with Crippen LogP contribution in [0.5, 0.6) is 0 Å². The third kappa shape index (κ3) is 3.80. The summed E-state index contributed by atoms with van der Waals surface area (Å²) in [6.45, 7) is 7.18. The summed E-state index contributed by atoms with van der Waals surface area (Å²) in [7, 11) is 0. The first-order chi connectivity index (χ1) is 9.22. The lowest BCUT2D eigenvalue weighted by Crippen LogP contribution is -2.37. The second kappa shape index (κ2) is 6.70. The Morgan fingerprint density at radius 1 is 1.47 bits per heavy atom. The average molecular weight is 264 g/mol. The Bertz CT molecular complexity index is 410. The summed E-state index contributed by atoms with van der Waals surface area (Å²) in [6.07, 6.45) is 3.28. The van der Waals surface area contributed by atoms with Gasteiger partial charge in [0.1, 0.15) is 5.82 Å². The van der Waals surface area contributed by atoms with E-state index in [9.17, 15) is 5.11 Å². The van der Waals surface area contributed by atoms with E-state index in [1.54, 1.807) is 0 Å². The molecule has 0 aromatic carbocycles. The number of aromatic nitrogens is 2. The average Bonchev–Trinajstić information content (AvgIpc) is 2.44. The number of hydrogen-bond donors (Lipinski definition) is 2. The van der Waals surface area contributed by atoms with Crippen molar-refractivity contribution in [1.29, 1.82) is 0 Å². The van der Waals surface area contributed by atoms with Crippen molar-refractivity contribution in [2.24, 2.45) is 5.92 Å². The molecule has 1 fully saturated rings. The van der Waals surface area contributed by atoms with Gasteiger partial charge in [0.15, 0.2) is 0 Å². The predicted molar refractivity (Wildman–Crippen MR) is 77.6 cm³/mol. The molecule has 0 aliphatic carbocycles. The molecule has 2 N–H and O–H groups in total. The molecule has 0 saturated carbocycles. The van der Waals surface area contributed by atoms with E-state index < -0.39 is 0 Å². The lowest BCUT2D eigenvalue weighted by Gasteiger charge is -2.32. The number of hydrogen-bond acceptors (Lipinski definition) is 5. The molecule has 5 heteroatoms. The van der Waals surface area contributed by atoms with Crippen molar-refractivity contribution < 1.29 is 5.11 Å². The molecule has 1 unspecified atom stereocenters. The summed E-state index contributed by atoms with van der Waals surface area (Å²) in [4.78, 5) is 11.3. The van der Waals surface area contributed by atoms with Gasteiger partial charge in [0.2, 0.25) is 5.95 Å². The molecule has 1 aromatic heterocycles. The van der Waals surface area contributed by atoms with Crippen LogP contribution in [0.3, 0.4) is 0 Å². The van der Waals surface area contributed by atoms with Crippen LogP contribution in [0, 0.1) is 12.8 Å². The number of nitrogens with one attached hydrogen (secondary N) is 1. The minimum atomic E-state index is 0.265. The lowest BCUT2D eigenvalue weighted by molar-refractivity contribution is 0.208. The number of rotatable bonds is 5. The largest absolute Gasteiger partial charge is 0.396 e. The van der Waals surface area contributed by atoms with Crippen molar-refractivity contribution in [3.8, 4) is 0 Å². The topological polar surface area (TPSA) is 61.3 Å². The molecule has 106 valence electrons. The fourth-order valence-electron chi connectivity index (χ4n) is 2.45. The van der Waals surface area contributed by atoms with Gasteiger partial charge in [-0.1, -0.05) is 6.92 Å². The van der Waals surface area contributed by atoms with Gasteiger partial charge in [-0.05, 0) is 32.1 Å². The van der Waals surface area contributed by atoms with Crippen molar-refractivity contribution in [2.45, 2.75) is 33.1 Å². The number of nitrogens with zero attached hydrogens (tertiary/aromatic N) is 3. The van der Waals surface area contributed by atoms with Gasteiger partial charge < -0.3 is 15.3 Å². The molecule has 1 aromatic rings. The number of anilines is 2. The van der Waals surface area contributed by atoms with Crippen LogP contribution in [0.2, 0.25) is 0 Å². The Balaban J connectivity index is 2.11. The Kier molecular flexibility index (Phi) is 4.96. The van der Waals surface area contributed by atoms with Gasteiger partial charge in [0, 0.05) is 38.0 Å². The summed E-state index contributed by atoms with van der Waals surface area (Å²) in [5.41, 5.74) is 0.981. The van der Waals surface area contributed by atoms with E-state index in [0.29, 0.717) is 11.9 Å². The zero-order valence-corrected chi connectivity index (χ0v) is 11.9. The van der Waals surface area contributed by atoms with Gasteiger partial charge in [-0.3, -0.25) is 0 Å². The van der Waals surface area contributed by atoms with Crippen molar-refractivity contribution in [1.82, 2.24) is 9.97 Å². The van der Waals surface area contributed by atoms with E-state index in [2.05, 4.69) is 27.1 Å². The third-order valence-electron chi connectivity index (χ3n) is 3.47. The Morgan fingerprint density at radius 2 is 2.32 bits per heavy atom. The molecular formula is C14H24N4O. The first kappa shape index (κ1) is 14.1. The van der Waals surface area contributed by atoms with E-state index >= 15 is 0 Å². The fraction of sp³-hybridized carbons (Fsp3) is 0.714. The van der Waals surface area contributed by atoms with Gasteiger partial charge in [0.25, 0.3) is 0 Å². The second-order valence-corrected chi connectivity index (χ2v) is 5.25. The van der Waals surface area contributed by atoms with Crippen molar-refractivity contribution in [2.75, 3.05) is 36.5 Å². The third-order valence-corrected chi connectivity index (χ3v) is 3.47. The van der Waals surface area contributed by atoms with Crippen molar-refractivity contribution in [3.63, 3.8) is 0 Å². The highest BCUT2D eigenvalue weighted by molar-refractivity contribution is 5.45. The first-order valence-electron chi connectivity index (χ1n) is 7.18. The summed E-state index contributed by atoms with van der Waals surface area (Å²) < 4.78 is 0. The van der Waals surface area contributed by atoms with E-state index in [0.717, 1.165) is 50.4 Å². The Labute approximate surface area is 115 Å². The predicted octanol–water partition coefficient (Wildman–Crippen LogP) is 1.82. The number of aliphatic hydroxyl groups excluding tert-OH is 1. The van der Waals surface area contributed by atoms with E-state index in [1.165, 1.54) is 0 Å². The number of aliphatic hydroxyl groups is 1. The van der Waals surface area contributed by atoms with Crippen molar-refractivity contribution in [3.05, 3.63) is 11.8 Å². The first-order valence-corrected chi connectivity index (χ1v) is 7.18. The second-order valence-electron chi connectivity index (χ2n) is 5.25. The van der Waals surface area contributed by atoms with E-state index in [1.807, 2.05) is 13.0 Å². The zero-order valence-electron chi connectivity index (χ0n) is 11.9. The summed E-state index contributed by atoms with van der Waals surface area (Å²) in [6, 6.07) is 2.02. The molecule has 1 aliphatic heterocycles. The molecule has 19 heavy (non-hydrogen) atoms. The molecule has 0 spiro atoms. The molecule has 0 bridgehead atoms. The molecule has 2 heterocycles. The summed E-state index contributed by atoms with van der Waals surface area (Å²) >= 11 is 0. The minimum Gasteiger partial charge on any atom is -0.396 e. The lowest BCUT2D eigenvalue weighted by atomic mass is 9.99. The van der Waals surface area contributed by atoms with Crippen LogP contribution in [-0.4, -0.2) is 41.3 Å². The molecular weight excluding hydrogens is 240 g/mol. The van der Waals surface area contributed by atoms with Crippen LogP contribution in [0.1, 0.15) is 31.9 Å². The molecule has 1 aliphatic rings. The van der Waals surface area contributed by atoms with Crippen LogP contribution in [0.4, 0.5) is 11.8 Å². The normalized spacial score (nSPS) is 19.5. The molecule has 1 saturated heterocycles. The van der Waals surface area contributed by atoms with E-state index in [4.69, 9.17) is 0 Å². The van der Waals surface area contributed by atoms with Crippen LogP contribution >= 0.6 is 0 Å². The monoisotopic (exact) mass is 264 g/mol. The van der Waals surface area contributed by atoms with E-state index in [-0.39, 0.29) is 6.61 Å². The minimum absolute atomic E-state index is 0.265. The molecule has 1 atom stereocenters. The fourth-order valence-corrected chi connectivity index (χ4v) is 2.45.